The van der Waals surface area contributed by atoms with Gasteiger partial charge in [-0.05, 0) is 0 Å². The molecule has 0 unspecified atom stereocenters. The third-order valence-electron chi connectivity index (χ3n) is 0.957. The topological polar surface area (TPSA) is 59.1 Å². The zero-order chi connectivity index (χ0) is 6.24. The van der Waals surface area contributed by atoms with Crippen molar-refractivity contribution in [2.45, 2.75) is 13.8 Å². The summed E-state index contributed by atoms with van der Waals surface area (Å²) < 4.78 is 0. The Morgan fingerprint density at radius 3 is 1.10 bits per heavy atom. The van der Waals surface area contributed by atoms with Crippen molar-refractivity contribution in [2.75, 3.05) is 26.2 Å². The van der Waals surface area contributed by atoms with Gasteiger partial charge in [0.2, 0.25) is 0 Å². The van der Waals surface area contributed by atoms with Crippen molar-refractivity contribution >= 4 is 0 Å². The minimum absolute atomic E-state index is 0. The van der Waals surface area contributed by atoms with Crippen LogP contribution in [-0.4, -0.2) is 26.2 Å². The Morgan fingerprint density at radius 1 is 0.800 bits per heavy atom. The maximum atomic E-state index is 3.22. The Labute approximate surface area is 62.5 Å². The van der Waals surface area contributed by atoms with Gasteiger partial charge < -0.3 is 16.8 Å². The number of piperazine rings is 1. The summed E-state index contributed by atoms with van der Waals surface area (Å²) in [4.78, 5) is 0. The summed E-state index contributed by atoms with van der Waals surface area (Å²) in [5, 5.41) is 6.44. The van der Waals surface area contributed by atoms with E-state index in [1.54, 1.807) is 0 Å². The van der Waals surface area contributed by atoms with Crippen LogP contribution in [0, 0.1) is 0 Å². The highest BCUT2D eigenvalue weighted by molar-refractivity contribution is 4.59. The van der Waals surface area contributed by atoms with Crippen molar-refractivity contribution < 1.29 is 4.70 Å². The van der Waals surface area contributed by atoms with E-state index in [0.717, 1.165) is 26.2 Å². The van der Waals surface area contributed by atoms with Crippen LogP contribution in [0.3, 0.4) is 0 Å². The molecule has 0 aliphatic carbocycles. The van der Waals surface area contributed by atoms with Gasteiger partial charge in [-0.1, -0.05) is 13.8 Å². The summed E-state index contributed by atoms with van der Waals surface area (Å²) in [5.74, 6) is 0. The van der Waals surface area contributed by atoms with Crippen LogP contribution in [0.15, 0.2) is 0 Å². The van der Waals surface area contributed by atoms with Gasteiger partial charge >= 0.3 is 0 Å². The molecule has 0 aromatic rings. The van der Waals surface area contributed by atoms with Crippen LogP contribution >= 0.6 is 0 Å². The lowest BCUT2D eigenvalue weighted by atomic mass is 10.4. The standard InChI is InChI=1S/C4H10N2.C2H6.FH.H3N/c1-2-6-4-3-5-1;1-2;;/h5-6H,1-4H2;1-2H3;1H;1H3. The highest BCUT2D eigenvalue weighted by atomic mass is 19.0. The molecule has 1 rings (SSSR count). The fraction of sp³-hybridized carbons (Fsp3) is 1.00. The van der Waals surface area contributed by atoms with Crippen LogP contribution in [0.2, 0.25) is 0 Å². The van der Waals surface area contributed by atoms with Gasteiger partial charge in [0.25, 0.3) is 0 Å². The monoisotopic (exact) mass is 153 g/mol. The first-order valence-corrected chi connectivity index (χ1v) is 3.41. The number of halogens is 1. The van der Waals surface area contributed by atoms with Gasteiger partial charge in [-0.2, -0.15) is 0 Å². The normalized spacial score (nSPS) is 15.0. The van der Waals surface area contributed by atoms with Gasteiger partial charge in [0.1, 0.15) is 0 Å². The van der Waals surface area contributed by atoms with Crippen molar-refractivity contribution in [1.82, 2.24) is 16.8 Å². The molecule has 66 valence electrons. The van der Waals surface area contributed by atoms with E-state index < -0.39 is 0 Å². The van der Waals surface area contributed by atoms with E-state index >= 15 is 0 Å². The van der Waals surface area contributed by atoms with Gasteiger partial charge in [0.05, 0.1) is 0 Å². The minimum Gasteiger partial charge on any atom is -0.344 e. The van der Waals surface area contributed by atoms with Crippen LogP contribution < -0.4 is 16.8 Å². The zero-order valence-electron chi connectivity index (χ0n) is 6.94. The molecule has 0 bridgehead atoms. The average Bonchev–Trinajstić information content (AvgIpc) is 1.96. The van der Waals surface area contributed by atoms with Crippen molar-refractivity contribution in [3.63, 3.8) is 0 Å². The molecule has 4 heteroatoms. The lowest BCUT2D eigenvalue weighted by Crippen LogP contribution is -2.39. The molecule has 0 atom stereocenters. The van der Waals surface area contributed by atoms with Crippen molar-refractivity contribution in [2.24, 2.45) is 0 Å². The van der Waals surface area contributed by atoms with Crippen LogP contribution in [0.25, 0.3) is 0 Å². The lowest BCUT2D eigenvalue weighted by Gasteiger charge is -2.11. The molecule has 0 radical (unpaired) electrons. The molecule has 1 fully saturated rings. The van der Waals surface area contributed by atoms with Gasteiger partial charge in [-0.15, -0.1) is 0 Å². The smallest absolute Gasteiger partial charge is 0.00772 e. The van der Waals surface area contributed by atoms with Crippen LogP contribution in [0.5, 0.6) is 0 Å². The molecule has 5 N–H and O–H groups in total. The third-order valence-corrected chi connectivity index (χ3v) is 0.957. The van der Waals surface area contributed by atoms with E-state index in [4.69, 9.17) is 0 Å². The predicted octanol–water partition coefficient (Wildman–Crippen LogP) is 0.520. The summed E-state index contributed by atoms with van der Waals surface area (Å²) in [7, 11) is 0. The maximum absolute atomic E-state index is 3.22. The molecule has 0 aromatic carbocycles. The molecule has 10 heavy (non-hydrogen) atoms. The summed E-state index contributed by atoms with van der Waals surface area (Å²) >= 11 is 0. The largest absolute Gasteiger partial charge is 0.344 e. The van der Waals surface area contributed by atoms with Crippen LogP contribution in [-0.2, 0) is 0 Å². The van der Waals surface area contributed by atoms with E-state index in [0.29, 0.717) is 0 Å². The van der Waals surface area contributed by atoms with E-state index in [9.17, 15) is 0 Å². The van der Waals surface area contributed by atoms with Crippen molar-refractivity contribution in [3.05, 3.63) is 0 Å². The van der Waals surface area contributed by atoms with Crippen molar-refractivity contribution in [1.29, 1.82) is 0 Å². The molecular formula is C6H20FN3. The van der Waals surface area contributed by atoms with E-state index in [-0.39, 0.29) is 10.9 Å². The van der Waals surface area contributed by atoms with Gasteiger partial charge in [-0.3, -0.25) is 4.70 Å². The summed E-state index contributed by atoms with van der Waals surface area (Å²) in [6.45, 7) is 8.56. The van der Waals surface area contributed by atoms with E-state index in [2.05, 4.69) is 10.6 Å². The third kappa shape index (κ3) is 10.7. The Bertz CT molecular complexity index is 28.5. The van der Waals surface area contributed by atoms with Crippen molar-refractivity contribution in [3.8, 4) is 0 Å². The Hall–Kier alpha value is -0.190. The van der Waals surface area contributed by atoms with Crippen LogP contribution in [0.1, 0.15) is 13.8 Å². The first kappa shape index (κ1) is 16.4. The highest BCUT2D eigenvalue weighted by Crippen LogP contribution is 1.65. The average molecular weight is 153 g/mol. The fourth-order valence-electron chi connectivity index (χ4n) is 0.604. The number of hydrogen-bond acceptors (Lipinski definition) is 3. The molecule has 0 aromatic heterocycles. The Kier molecular flexibility index (Phi) is 26.1. The van der Waals surface area contributed by atoms with Crippen LogP contribution in [0.4, 0.5) is 4.70 Å². The fourth-order valence-corrected chi connectivity index (χ4v) is 0.604. The predicted molar refractivity (Wildman–Crippen MR) is 44.6 cm³/mol. The number of rotatable bonds is 0. The molecule has 1 aliphatic heterocycles. The molecule has 1 saturated heterocycles. The summed E-state index contributed by atoms with van der Waals surface area (Å²) in [6, 6.07) is 0. The second-order valence-corrected chi connectivity index (χ2v) is 1.50. The second kappa shape index (κ2) is 15.9. The van der Waals surface area contributed by atoms with Gasteiger partial charge in [0, 0.05) is 26.2 Å². The zero-order valence-corrected chi connectivity index (χ0v) is 6.94. The number of hydrogen-bond donors (Lipinski definition) is 3. The quantitative estimate of drug-likeness (QED) is 0.475. The molecule has 0 amide bonds. The summed E-state index contributed by atoms with van der Waals surface area (Å²) in [6.07, 6.45) is 0. The molecular weight excluding hydrogens is 133 g/mol. The molecule has 0 saturated carbocycles. The van der Waals surface area contributed by atoms with E-state index in [1.165, 1.54) is 0 Å². The van der Waals surface area contributed by atoms with E-state index in [1.807, 2.05) is 13.8 Å². The highest BCUT2D eigenvalue weighted by Gasteiger charge is 1.91. The first-order chi connectivity index (χ1) is 4.00. The Balaban J connectivity index is -0.000000114. The minimum atomic E-state index is 0. The second-order valence-electron chi connectivity index (χ2n) is 1.50. The molecule has 3 nitrogen and oxygen atoms in total. The van der Waals surface area contributed by atoms with Gasteiger partial charge in [0.15, 0.2) is 0 Å². The Morgan fingerprint density at radius 2 is 1.00 bits per heavy atom. The SMILES string of the molecule is C1CNCCN1.CC.F.N. The molecule has 1 heterocycles. The molecule has 1 aliphatic rings. The first-order valence-electron chi connectivity index (χ1n) is 3.41. The maximum Gasteiger partial charge on any atom is 0.00772 e. The summed E-state index contributed by atoms with van der Waals surface area (Å²) in [5.41, 5.74) is 0. The lowest BCUT2D eigenvalue weighted by molar-refractivity contribution is 0.534. The number of nitrogens with one attached hydrogen (secondary N) is 2. The van der Waals surface area contributed by atoms with Gasteiger partial charge in [-0.25, -0.2) is 0 Å². The molecule has 0 spiro atoms.